The molecule has 0 aromatic carbocycles. The Kier molecular flexibility index (Phi) is 2.98. The van der Waals surface area contributed by atoms with E-state index < -0.39 is 0 Å². The molecule has 1 fully saturated rings. The van der Waals surface area contributed by atoms with E-state index in [-0.39, 0.29) is 0 Å². The first-order valence-corrected chi connectivity index (χ1v) is 4.82. The van der Waals surface area contributed by atoms with Crippen LogP contribution in [0, 0.1) is 5.41 Å². The molecule has 0 heterocycles. The van der Waals surface area contributed by atoms with E-state index in [0.717, 1.165) is 0 Å². The fourth-order valence-electron chi connectivity index (χ4n) is 1.63. The van der Waals surface area contributed by atoms with Gasteiger partial charge in [0.05, 0.1) is 6.10 Å². The SMILES string of the molecule is CC1(C)CCCC[C@@H]1OI. The molecule has 0 amide bonds. The molecule has 1 aliphatic rings. The molecule has 0 aromatic heterocycles. The van der Waals surface area contributed by atoms with Gasteiger partial charge in [-0.2, -0.15) is 0 Å². The Morgan fingerprint density at radius 3 is 2.50 bits per heavy atom. The van der Waals surface area contributed by atoms with Crippen LogP contribution in [0.15, 0.2) is 0 Å². The van der Waals surface area contributed by atoms with Crippen molar-refractivity contribution in [2.24, 2.45) is 5.41 Å². The van der Waals surface area contributed by atoms with Crippen LogP contribution in [0.25, 0.3) is 0 Å². The maximum absolute atomic E-state index is 5.38. The van der Waals surface area contributed by atoms with E-state index in [0.29, 0.717) is 11.5 Å². The molecular weight excluding hydrogens is 239 g/mol. The predicted molar refractivity (Wildman–Crippen MR) is 51.1 cm³/mol. The van der Waals surface area contributed by atoms with Crippen LogP contribution in [-0.4, -0.2) is 6.10 Å². The van der Waals surface area contributed by atoms with Crippen LogP contribution >= 0.6 is 23.0 Å². The van der Waals surface area contributed by atoms with Crippen LogP contribution in [-0.2, 0) is 3.07 Å². The smallest absolute Gasteiger partial charge is 0.110 e. The lowest BCUT2D eigenvalue weighted by Gasteiger charge is -2.36. The zero-order valence-electron chi connectivity index (χ0n) is 6.69. The van der Waals surface area contributed by atoms with Crippen molar-refractivity contribution in [3.05, 3.63) is 0 Å². The van der Waals surface area contributed by atoms with Crippen molar-refractivity contribution in [3.8, 4) is 0 Å². The zero-order valence-corrected chi connectivity index (χ0v) is 8.85. The standard InChI is InChI=1S/C8H15IO/c1-8(2)6-4-3-5-7(8)10-9/h7H,3-6H2,1-2H3/t7-/m0/s1. The minimum Gasteiger partial charge on any atom is -0.312 e. The Morgan fingerprint density at radius 1 is 1.40 bits per heavy atom. The lowest BCUT2D eigenvalue weighted by molar-refractivity contribution is 0.0685. The quantitative estimate of drug-likeness (QED) is 0.652. The summed E-state index contributed by atoms with van der Waals surface area (Å²) in [6.07, 6.45) is 5.78. The van der Waals surface area contributed by atoms with Crippen LogP contribution < -0.4 is 0 Å². The highest BCUT2D eigenvalue weighted by Crippen LogP contribution is 2.38. The third-order valence-electron chi connectivity index (χ3n) is 2.52. The third kappa shape index (κ3) is 1.84. The molecule has 2 heteroatoms. The van der Waals surface area contributed by atoms with Gasteiger partial charge in [0.1, 0.15) is 23.0 Å². The normalized spacial score (nSPS) is 32.1. The van der Waals surface area contributed by atoms with Crippen molar-refractivity contribution in [3.63, 3.8) is 0 Å². The van der Waals surface area contributed by atoms with Crippen LogP contribution in [0.1, 0.15) is 39.5 Å². The van der Waals surface area contributed by atoms with Gasteiger partial charge in [-0.25, -0.2) is 0 Å². The summed E-state index contributed by atoms with van der Waals surface area (Å²) in [7, 11) is 0. The van der Waals surface area contributed by atoms with Crippen molar-refractivity contribution >= 4 is 23.0 Å². The first kappa shape index (κ1) is 8.78. The summed E-state index contributed by atoms with van der Waals surface area (Å²) in [6.45, 7) is 4.60. The van der Waals surface area contributed by atoms with Gasteiger partial charge in [-0.1, -0.05) is 26.7 Å². The molecule has 0 N–H and O–H groups in total. The Bertz CT molecular complexity index is 112. The molecule has 1 nitrogen and oxygen atoms in total. The fourth-order valence-corrected chi connectivity index (χ4v) is 2.57. The Balaban J connectivity index is 2.51. The summed E-state index contributed by atoms with van der Waals surface area (Å²) in [5, 5.41) is 0. The maximum atomic E-state index is 5.38. The molecule has 1 saturated carbocycles. The van der Waals surface area contributed by atoms with E-state index in [2.05, 4.69) is 13.8 Å². The van der Waals surface area contributed by atoms with Gasteiger partial charge < -0.3 is 3.07 Å². The lowest BCUT2D eigenvalue weighted by atomic mass is 9.75. The molecule has 1 atom stereocenters. The predicted octanol–water partition coefficient (Wildman–Crippen LogP) is 3.32. The van der Waals surface area contributed by atoms with E-state index in [1.54, 1.807) is 0 Å². The van der Waals surface area contributed by atoms with Crippen LogP contribution in [0.2, 0.25) is 0 Å². The second kappa shape index (κ2) is 3.39. The van der Waals surface area contributed by atoms with Gasteiger partial charge in [0.2, 0.25) is 0 Å². The Hall–Kier alpha value is 0.690. The molecule has 1 rings (SSSR count). The average molecular weight is 254 g/mol. The largest absolute Gasteiger partial charge is 0.312 e. The average Bonchev–Trinajstić information content (AvgIpc) is 1.87. The minimum atomic E-state index is 0.416. The van der Waals surface area contributed by atoms with Crippen LogP contribution in [0.4, 0.5) is 0 Å². The number of halogens is 1. The molecule has 0 spiro atoms. The van der Waals surface area contributed by atoms with E-state index in [4.69, 9.17) is 3.07 Å². The maximum Gasteiger partial charge on any atom is 0.110 e. The molecule has 0 aromatic rings. The highest BCUT2D eigenvalue weighted by atomic mass is 127. The first-order valence-electron chi connectivity index (χ1n) is 3.94. The van der Waals surface area contributed by atoms with Gasteiger partial charge in [0.15, 0.2) is 0 Å². The Labute approximate surface area is 77.2 Å². The van der Waals surface area contributed by atoms with E-state index in [1.807, 2.05) is 23.0 Å². The van der Waals surface area contributed by atoms with Gasteiger partial charge in [-0.05, 0) is 18.3 Å². The number of hydrogen-bond acceptors (Lipinski definition) is 1. The van der Waals surface area contributed by atoms with Crippen molar-refractivity contribution in [1.82, 2.24) is 0 Å². The molecule has 10 heavy (non-hydrogen) atoms. The summed E-state index contributed by atoms with van der Waals surface area (Å²) in [6, 6.07) is 0. The highest BCUT2D eigenvalue weighted by Gasteiger charge is 2.32. The summed E-state index contributed by atoms with van der Waals surface area (Å²) >= 11 is 2.03. The number of rotatable bonds is 1. The summed E-state index contributed by atoms with van der Waals surface area (Å²) < 4.78 is 5.38. The third-order valence-corrected chi connectivity index (χ3v) is 3.13. The monoisotopic (exact) mass is 254 g/mol. The lowest BCUT2D eigenvalue weighted by Crippen LogP contribution is -2.32. The summed E-state index contributed by atoms with van der Waals surface area (Å²) in [4.78, 5) is 0. The van der Waals surface area contributed by atoms with Gasteiger partial charge in [0.25, 0.3) is 0 Å². The molecule has 60 valence electrons. The van der Waals surface area contributed by atoms with Crippen molar-refractivity contribution < 1.29 is 3.07 Å². The first-order chi connectivity index (χ1) is 4.67. The van der Waals surface area contributed by atoms with Gasteiger partial charge in [-0.3, -0.25) is 0 Å². The van der Waals surface area contributed by atoms with Gasteiger partial charge in [0, 0.05) is 0 Å². The molecular formula is C8H15IO. The van der Waals surface area contributed by atoms with Gasteiger partial charge >= 0.3 is 0 Å². The van der Waals surface area contributed by atoms with Crippen molar-refractivity contribution in [1.29, 1.82) is 0 Å². The summed E-state index contributed by atoms with van der Waals surface area (Å²) in [5.41, 5.74) is 0.416. The zero-order chi connectivity index (χ0) is 7.61. The molecule has 0 bridgehead atoms. The topological polar surface area (TPSA) is 9.23 Å². The molecule has 0 unspecified atom stereocenters. The van der Waals surface area contributed by atoms with E-state index in [9.17, 15) is 0 Å². The van der Waals surface area contributed by atoms with Crippen molar-refractivity contribution in [2.45, 2.75) is 45.6 Å². The molecule has 0 saturated heterocycles. The van der Waals surface area contributed by atoms with Crippen LogP contribution in [0.5, 0.6) is 0 Å². The van der Waals surface area contributed by atoms with Crippen LogP contribution in [0.3, 0.4) is 0 Å². The molecule has 1 aliphatic carbocycles. The summed E-state index contributed by atoms with van der Waals surface area (Å²) in [5.74, 6) is 0. The second-order valence-electron chi connectivity index (χ2n) is 3.81. The fraction of sp³-hybridized carbons (Fsp3) is 1.00. The van der Waals surface area contributed by atoms with Gasteiger partial charge in [-0.15, -0.1) is 0 Å². The highest BCUT2D eigenvalue weighted by molar-refractivity contribution is 14.1. The molecule has 0 radical (unpaired) electrons. The second-order valence-corrected chi connectivity index (χ2v) is 4.32. The minimum absolute atomic E-state index is 0.416. The van der Waals surface area contributed by atoms with E-state index in [1.165, 1.54) is 25.7 Å². The molecule has 0 aliphatic heterocycles. The Morgan fingerprint density at radius 2 is 2.10 bits per heavy atom. The van der Waals surface area contributed by atoms with Crippen molar-refractivity contribution in [2.75, 3.05) is 0 Å². The van der Waals surface area contributed by atoms with E-state index >= 15 is 0 Å². The number of hydrogen-bond donors (Lipinski definition) is 0.